The zero-order chi connectivity index (χ0) is 38.9. The van der Waals surface area contributed by atoms with Crippen LogP contribution < -0.4 is 15.0 Å². The Morgan fingerprint density at radius 1 is 1.02 bits per heavy atom. The fourth-order valence-electron chi connectivity index (χ4n) is 8.56. The van der Waals surface area contributed by atoms with Crippen molar-refractivity contribution in [3.8, 4) is 5.75 Å². The zero-order valence-electron chi connectivity index (χ0n) is 31.6. The number of para-hydroxylation sites is 1. The number of aromatic nitrogens is 1. The third-order valence-electron chi connectivity index (χ3n) is 11.1. The van der Waals surface area contributed by atoms with Gasteiger partial charge >= 0.3 is 0 Å². The Morgan fingerprint density at radius 2 is 1.75 bits per heavy atom. The van der Waals surface area contributed by atoms with E-state index >= 15 is 4.11 Å². The number of hydrogen-bond donors (Lipinski definition) is 3. The van der Waals surface area contributed by atoms with Crippen molar-refractivity contribution in [2.75, 3.05) is 30.5 Å². The highest BCUT2D eigenvalue weighted by Crippen LogP contribution is 2.60. The van der Waals surface area contributed by atoms with E-state index in [1.807, 2.05) is 98.0 Å². The van der Waals surface area contributed by atoms with Crippen molar-refractivity contribution in [1.82, 2.24) is 9.88 Å². The van der Waals surface area contributed by atoms with Gasteiger partial charge in [0.25, 0.3) is 5.91 Å². The summed E-state index contributed by atoms with van der Waals surface area (Å²) in [5, 5.41) is 13.8. The Labute approximate surface area is 321 Å². The molecule has 3 amide bonds. The summed E-state index contributed by atoms with van der Waals surface area (Å²) in [6, 6.07) is 30.1. The van der Waals surface area contributed by atoms with E-state index in [1.165, 1.54) is 0 Å². The molecule has 5 aromatic rings. The van der Waals surface area contributed by atoms with Crippen LogP contribution in [0.15, 0.2) is 103 Å². The molecule has 0 radical (unpaired) electrons. The molecule has 0 bridgehead atoms. The number of halogens is 1. The Kier molecular flexibility index (Phi) is 10.7. The van der Waals surface area contributed by atoms with Gasteiger partial charge in [-0.15, -0.1) is 0 Å². The highest BCUT2D eigenvalue weighted by atomic mass is 28.4. The minimum Gasteiger partial charge on any atom is -0.497 e. The van der Waals surface area contributed by atoms with Crippen LogP contribution in [0.2, 0.25) is 18.6 Å². The van der Waals surface area contributed by atoms with Gasteiger partial charge in [0.2, 0.25) is 20.2 Å². The normalized spacial score (nSPS) is 20.6. The Bertz CT molecular complexity index is 2190. The number of benzene rings is 4. The van der Waals surface area contributed by atoms with Gasteiger partial charge in [0.05, 0.1) is 44.9 Å². The molecule has 3 N–H and O–H groups in total. The predicted molar refractivity (Wildman–Crippen MR) is 213 cm³/mol. The van der Waals surface area contributed by atoms with Gasteiger partial charge in [-0.05, 0) is 66.2 Å². The fourth-order valence-corrected chi connectivity index (χ4v) is 11.1. The van der Waals surface area contributed by atoms with E-state index in [0.29, 0.717) is 22.7 Å². The predicted octanol–water partition coefficient (Wildman–Crippen LogP) is 7.09. The molecule has 4 aromatic carbocycles. The SMILES string of the molecule is COc1ccc2c(c1)[C@]1(O[C@@H](CC(=O)N(CCO)Cc3ccccc3)[C@H]([Si](C)(C)F)[C@H]1C)C(=O)N2Cc1ccc(NC(=O)Cc2c[nH]c3ccccc23)cc1. The van der Waals surface area contributed by atoms with Crippen LogP contribution in [-0.2, 0) is 44.2 Å². The highest BCUT2D eigenvalue weighted by molar-refractivity contribution is 6.72. The van der Waals surface area contributed by atoms with Gasteiger partial charge in [-0.1, -0.05) is 67.6 Å². The summed E-state index contributed by atoms with van der Waals surface area (Å²) in [4.78, 5) is 48.2. The molecular formula is C43H47FN4O6Si. The van der Waals surface area contributed by atoms with E-state index in [1.54, 1.807) is 42.1 Å². The van der Waals surface area contributed by atoms with Crippen LogP contribution >= 0.6 is 0 Å². The molecule has 10 nitrogen and oxygen atoms in total. The number of carbonyl (C=O) groups is 3. The lowest BCUT2D eigenvalue weighted by molar-refractivity contribution is -0.150. The summed E-state index contributed by atoms with van der Waals surface area (Å²) in [6.45, 7) is 5.44. The lowest BCUT2D eigenvalue weighted by atomic mass is 9.82. The Balaban J connectivity index is 1.13. The van der Waals surface area contributed by atoms with Gasteiger partial charge in [0.15, 0.2) is 5.60 Å². The number of H-pyrrole nitrogens is 1. The largest absolute Gasteiger partial charge is 0.497 e. The molecule has 2 aliphatic heterocycles. The van der Waals surface area contributed by atoms with Gasteiger partial charge in [0, 0.05) is 52.9 Å². The van der Waals surface area contributed by atoms with E-state index < -0.39 is 31.6 Å². The highest BCUT2D eigenvalue weighted by Gasteiger charge is 2.67. The second-order valence-electron chi connectivity index (χ2n) is 15.1. The number of aromatic amines is 1. The summed E-state index contributed by atoms with van der Waals surface area (Å²) >= 11 is 0. The molecule has 12 heteroatoms. The van der Waals surface area contributed by atoms with Crippen molar-refractivity contribution < 1.29 is 33.1 Å². The summed E-state index contributed by atoms with van der Waals surface area (Å²) in [5.41, 5.74) is 3.22. The van der Waals surface area contributed by atoms with Gasteiger partial charge < -0.3 is 38.8 Å². The number of rotatable bonds is 13. The van der Waals surface area contributed by atoms with Gasteiger partial charge in [-0.3, -0.25) is 14.4 Å². The van der Waals surface area contributed by atoms with Crippen molar-refractivity contribution in [2.45, 2.75) is 63.2 Å². The van der Waals surface area contributed by atoms with Crippen LogP contribution in [0.5, 0.6) is 5.75 Å². The first-order chi connectivity index (χ1) is 26.4. The number of fused-ring (bicyclic) bond motifs is 3. The van der Waals surface area contributed by atoms with Crippen molar-refractivity contribution in [1.29, 1.82) is 0 Å². The van der Waals surface area contributed by atoms with Crippen molar-refractivity contribution in [3.63, 3.8) is 0 Å². The minimum atomic E-state index is -3.54. The lowest BCUT2D eigenvalue weighted by Gasteiger charge is -2.31. The molecule has 1 aromatic heterocycles. The number of nitrogens with zero attached hydrogens (tertiary/aromatic N) is 2. The fraction of sp³-hybridized carbons (Fsp3) is 0.326. The molecule has 0 aliphatic carbocycles. The summed E-state index contributed by atoms with van der Waals surface area (Å²) in [6.07, 6.45) is 1.06. The maximum atomic E-state index is 16.5. The third kappa shape index (κ3) is 7.41. The number of amides is 3. The number of hydrogen-bond acceptors (Lipinski definition) is 6. The number of carbonyl (C=O) groups excluding carboxylic acids is 3. The minimum absolute atomic E-state index is 0.113. The summed E-state index contributed by atoms with van der Waals surface area (Å²) < 4.78 is 28.9. The van der Waals surface area contributed by atoms with E-state index in [4.69, 9.17) is 9.47 Å². The Morgan fingerprint density at radius 3 is 2.45 bits per heavy atom. The molecule has 0 saturated carbocycles. The first kappa shape index (κ1) is 38.0. The van der Waals surface area contributed by atoms with Crippen molar-refractivity contribution >= 4 is 48.4 Å². The van der Waals surface area contributed by atoms with Crippen LogP contribution in [0, 0.1) is 5.92 Å². The van der Waals surface area contributed by atoms with Crippen molar-refractivity contribution in [3.05, 3.63) is 126 Å². The molecule has 55 heavy (non-hydrogen) atoms. The average Bonchev–Trinajstić information content (AvgIpc) is 3.78. The number of anilines is 2. The standard InChI is InChI=1S/C43H47FN4O6Si/c1-28-41(55(3,4)44)38(24-40(51)47(20-21-49)26-29-10-6-5-7-11-29)54-43(28)35-23-33(53-2)18-19-37(35)48(42(43)52)27-30-14-16-32(17-15-30)46-39(50)22-31-25-45-36-13-9-8-12-34(31)36/h5-19,23,25,28,38,41,45,49H,20-22,24,26-27H2,1-4H3,(H,46,50)/t28-,38+,41-,43+/m1/s1. The lowest BCUT2D eigenvalue weighted by Crippen LogP contribution is -2.45. The van der Waals surface area contributed by atoms with Crippen LogP contribution in [0.3, 0.4) is 0 Å². The monoisotopic (exact) mass is 762 g/mol. The van der Waals surface area contributed by atoms with Gasteiger partial charge in [0.1, 0.15) is 5.75 Å². The van der Waals surface area contributed by atoms with E-state index in [-0.39, 0.29) is 56.8 Å². The van der Waals surface area contributed by atoms with Crippen molar-refractivity contribution in [2.24, 2.45) is 5.92 Å². The quantitative estimate of drug-likeness (QED) is 0.0870. The van der Waals surface area contributed by atoms with Crippen LogP contribution in [0.4, 0.5) is 15.5 Å². The molecule has 1 saturated heterocycles. The summed E-state index contributed by atoms with van der Waals surface area (Å²) in [5.74, 6) is -0.825. The molecule has 4 atom stereocenters. The zero-order valence-corrected chi connectivity index (χ0v) is 32.6. The van der Waals surface area contributed by atoms with E-state index in [9.17, 15) is 19.5 Å². The molecule has 1 spiro atoms. The van der Waals surface area contributed by atoms with Gasteiger partial charge in [-0.25, -0.2) is 0 Å². The first-order valence-corrected chi connectivity index (χ1v) is 21.6. The Hall–Kier alpha value is -5.30. The van der Waals surface area contributed by atoms with Crippen LogP contribution in [0.25, 0.3) is 10.9 Å². The average molecular weight is 763 g/mol. The number of ether oxygens (including phenoxy) is 2. The number of aliphatic hydroxyl groups excluding tert-OH is 1. The molecule has 0 unspecified atom stereocenters. The van der Waals surface area contributed by atoms with Gasteiger partial charge in [-0.2, -0.15) is 0 Å². The smallest absolute Gasteiger partial charge is 0.264 e. The molecular weight excluding hydrogens is 716 g/mol. The maximum Gasteiger partial charge on any atom is 0.264 e. The molecule has 286 valence electrons. The second kappa shape index (κ2) is 15.4. The third-order valence-corrected chi connectivity index (χ3v) is 13.5. The number of methoxy groups -OCH3 is 1. The van der Waals surface area contributed by atoms with E-state index in [0.717, 1.165) is 27.6 Å². The second-order valence-corrected chi connectivity index (χ2v) is 18.9. The first-order valence-electron chi connectivity index (χ1n) is 18.7. The topological polar surface area (TPSA) is 124 Å². The van der Waals surface area contributed by atoms with E-state index in [2.05, 4.69) is 10.3 Å². The summed E-state index contributed by atoms with van der Waals surface area (Å²) in [7, 11) is -2.00. The number of aliphatic hydroxyl groups is 1. The molecule has 7 rings (SSSR count). The van der Waals surface area contributed by atoms with Crippen LogP contribution in [0.1, 0.15) is 35.6 Å². The number of nitrogens with one attached hydrogen (secondary N) is 2. The van der Waals surface area contributed by atoms with Crippen LogP contribution in [-0.4, -0.2) is 67.5 Å². The molecule has 3 heterocycles. The molecule has 1 fully saturated rings. The maximum absolute atomic E-state index is 16.5. The molecule has 2 aliphatic rings.